The number of nitrogens with one attached hydrogen (secondary N) is 2. The predicted octanol–water partition coefficient (Wildman–Crippen LogP) is 0.523. The predicted molar refractivity (Wildman–Crippen MR) is 225 cm³/mol. The Labute approximate surface area is 368 Å². The topological polar surface area (TPSA) is 384 Å². The van der Waals surface area contributed by atoms with Crippen LogP contribution >= 0.6 is 47.0 Å². The van der Waals surface area contributed by atoms with Gasteiger partial charge in [0.2, 0.25) is 11.8 Å². The summed E-state index contributed by atoms with van der Waals surface area (Å²) in [6, 6.07) is 9.70. The monoisotopic (exact) mass is 989 g/mol. The van der Waals surface area contributed by atoms with Crippen LogP contribution < -0.4 is 16.4 Å². The van der Waals surface area contributed by atoms with Crippen molar-refractivity contribution in [3.63, 3.8) is 0 Å². The minimum Gasteiger partial charge on any atom is -0.392 e. The lowest BCUT2D eigenvalue weighted by atomic mass is 9.87. The van der Waals surface area contributed by atoms with Gasteiger partial charge in [0.1, 0.15) is 36.3 Å². The van der Waals surface area contributed by atoms with Crippen LogP contribution in [0.3, 0.4) is 0 Å². The number of hydrogen-bond donors (Lipinski definition) is 10. The Balaban J connectivity index is 1.18. The molecule has 30 heteroatoms. The molecule has 352 valence electrons. The molecule has 0 spiro atoms. The van der Waals surface area contributed by atoms with Gasteiger partial charge in [-0.1, -0.05) is 55.9 Å². The van der Waals surface area contributed by atoms with Crippen molar-refractivity contribution in [3.8, 4) is 0 Å². The molecule has 0 saturated carbocycles. The number of hydrogen-bond acceptors (Lipinski definition) is 20. The Bertz CT molecular complexity index is 2190. The van der Waals surface area contributed by atoms with Crippen molar-refractivity contribution < 1.29 is 85.6 Å². The summed E-state index contributed by atoms with van der Waals surface area (Å²) in [6.07, 6.45) is -6.45. The fraction of sp³-hybridized carbons (Fsp3) is 0.576. The molecule has 63 heavy (non-hydrogen) atoms. The normalized spacial score (nSPS) is 22.2. The molecule has 2 aromatic heterocycles. The van der Waals surface area contributed by atoms with E-state index in [9.17, 15) is 63.0 Å². The van der Waals surface area contributed by atoms with E-state index in [0.717, 1.165) is 34.5 Å². The molecule has 4 rings (SSSR count). The molecule has 2 amide bonds. The van der Waals surface area contributed by atoms with E-state index in [1.807, 2.05) is 30.3 Å². The summed E-state index contributed by atoms with van der Waals surface area (Å²) >= 11 is 2.47. The number of carbonyl (C=O) groups is 3. The van der Waals surface area contributed by atoms with E-state index in [1.54, 1.807) is 0 Å². The van der Waals surface area contributed by atoms with Gasteiger partial charge in [-0.25, -0.2) is 28.6 Å². The fourth-order valence-corrected chi connectivity index (χ4v) is 10.3. The average molecular weight is 990 g/mol. The van der Waals surface area contributed by atoms with Crippen LogP contribution in [-0.2, 0) is 62.2 Å². The number of amides is 2. The Kier molecular flexibility index (Phi) is 18.8. The zero-order chi connectivity index (χ0) is 46.8. The largest absolute Gasteiger partial charge is 0.481 e. The Morgan fingerprint density at radius 1 is 1.02 bits per heavy atom. The lowest BCUT2D eigenvalue weighted by molar-refractivity contribution is -0.137. The minimum atomic E-state index is -5.61. The van der Waals surface area contributed by atoms with Crippen LogP contribution in [0.5, 0.6) is 0 Å². The maximum absolute atomic E-state index is 12.8. The molecule has 8 atom stereocenters. The molecule has 11 N–H and O–H groups in total. The number of aliphatic hydroxyl groups is 3. The van der Waals surface area contributed by atoms with Gasteiger partial charge >= 0.3 is 23.5 Å². The second-order valence-corrected chi connectivity index (χ2v) is 21.1. The molecule has 1 aromatic carbocycles. The number of rotatable bonds is 25. The summed E-state index contributed by atoms with van der Waals surface area (Å²) in [4.78, 5) is 88.5. The zero-order valence-electron chi connectivity index (χ0n) is 33.9. The molecule has 1 aliphatic heterocycles. The van der Waals surface area contributed by atoms with Gasteiger partial charge < -0.3 is 56.0 Å². The van der Waals surface area contributed by atoms with Crippen LogP contribution in [0, 0.1) is 5.41 Å². The number of imidazole rings is 1. The summed E-state index contributed by atoms with van der Waals surface area (Å²) in [5, 5.41) is 36.6. The third kappa shape index (κ3) is 15.9. The fourth-order valence-electron chi connectivity index (χ4n) is 5.81. The highest BCUT2D eigenvalue weighted by atomic mass is 32.2. The number of phosphoric ester groups is 3. The number of aliphatic hydroxyl groups excluding tert-OH is 3. The number of phosphoric acid groups is 3. The van der Waals surface area contributed by atoms with Gasteiger partial charge in [0.15, 0.2) is 22.3 Å². The van der Waals surface area contributed by atoms with Crippen molar-refractivity contribution in [3.05, 3.63) is 48.5 Å². The van der Waals surface area contributed by atoms with E-state index < -0.39 is 90.2 Å². The first-order valence-corrected chi connectivity index (χ1v) is 25.4. The molecular weight excluding hydrogens is 939 g/mol. The number of ether oxygens (including phenoxy) is 1. The van der Waals surface area contributed by atoms with Gasteiger partial charge in [-0.15, -0.1) is 0 Å². The van der Waals surface area contributed by atoms with E-state index in [0.29, 0.717) is 11.5 Å². The third-order valence-corrected chi connectivity index (χ3v) is 14.2. The molecule has 3 aromatic rings. The molecular formula is C33H50N7O18P3S2. The first kappa shape index (κ1) is 52.7. The third-order valence-electron chi connectivity index (χ3n) is 9.07. The van der Waals surface area contributed by atoms with Gasteiger partial charge in [0.25, 0.3) is 0 Å². The number of thioether (sulfide) groups is 2. The molecule has 0 radical (unpaired) electrons. The number of nitrogens with two attached hydrogens (primary N) is 1. The quantitative estimate of drug-likeness (QED) is 0.0409. The molecule has 0 bridgehead atoms. The Morgan fingerprint density at radius 2 is 1.70 bits per heavy atom. The van der Waals surface area contributed by atoms with Crippen molar-refractivity contribution in [2.45, 2.75) is 75.6 Å². The minimum absolute atomic E-state index is 0.0133. The number of benzene rings is 1. The standard InChI is InChI=1S/C33H50N7O18P3S2/c1-32(2,28(45)31(46)36-10-9-23(42)35-11-12-63-24(43)13-21(41)16-62-15-20-7-5-4-6-8-20)17-55-61(52,53)58-60(50,51)54-14-22-26(57-59(47,48)49)27(44)33(3,56-22)40-19-39-25-29(34)37-18-38-30(25)40/h4-8,18-19,21-22,26-28,41,44-45H,9-17H2,1-3H3,(H,35,42)(H,36,46)(H,50,51)(H,52,53)(H2,34,37,38)(H2,47,48,49). The molecule has 1 saturated heterocycles. The number of carbonyl (C=O) groups excluding carboxylic acids is 3. The lowest BCUT2D eigenvalue weighted by Gasteiger charge is -2.30. The second kappa shape index (κ2) is 22.5. The van der Waals surface area contributed by atoms with Gasteiger partial charge in [0.05, 0.1) is 25.6 Å². The van der Waals surface area contributed by atoms with Gasteiger partial charge in [-0.3, -0.25) is 32.5 Å². The summed E-state index contributed by atoms with van der Waals surface area (Å²) in [5.41, 5.74) is 3.38. The van der Waals surface area contributed by atoms with Crippen LogP contribution in [0.15, 0.2) is 43.0 Å². The second-order valence-electron chi connectivity index (χ2n) is 14.7. The van der Waals surface area contributed by atoms with E-state index in [-0.39, 0.29) is 53.8 Å². The summed E-state index contributed by atoms with van der Waals surface area (Å²) < 4.78 is 62.8. The van der Waals surface area contributed by atoms with Crippen LogP contribution in [0.1, 0.15) is 39.2 Å². The molecule has 1 fully saturated rings. The van der Waals surface area contributed by atoms with E-state index in [2.05, 4.69) is 29.9 Å². The number of anilines is 1. The molecule has 1 aliphatic rings. The maximum Gasteiger partial charge on any atom is 0.481 e. The van der Waals surface area contributed by atoms with E-state index in [1.165, 1.54) is 32.5 Å². The Morgan fingerprint density at radius 3 is 2.38 bits per heavy atom. The first-order chi connectivity index (χ1) is 29.3. The Hall–Kier alpha value is -2.91. The van der Waals surface area contributed by atoms with Crippen molar-refractivity contribution in [2.75, 3.05) is 43.5 Å². The van der Waals surface area contributed by atoms with Gasteiger partial charge in [-0.2, -0.15) is 16.1 Å². The van der Waals surface area contributed by atoms with Crippen molar-refractivity contribution >= 4 is 80.9 Å². The summed E-state index contributed by atoms with van der Waals surface area (Å²) in [6.45, 7) is 1.56. The zero-order valence-corrected chi connectivity index (χ0v) is 38.3. The highest BCUT2D eigenvalue weighted by Gasteiger charge is 2.57. The molecule has 8 unspecified atom stereocenters. The maximum atomic E-state index is 12.8. The van der Waals surface area contributed by atoms with Crippen molar-refractivity contribution in [2.24, 2.45) is 5.41 Å². The first-order valence-electron chi connectivity index (χ1n) is 18.7. The van der Waals surface area contributed by atoms with Crippen molar-refractivity contribution in [1.29, 1.82) is 0 Å². The van der Waals surface area contributed by atoms with Crippen LogP contribution in [0.2, 0.25) is 0 Å². The average Bonchev–Trinajstić information content (AvgIpc) is 3.74. The van der Waals surface area contributed by atoms with Gasteiger partial charge in [0, 0.05) is 48.6 Å². The summed E-state index contributed by atoms with van der Waals surface area (Å²) in [5.74, 6) is -0.191. The smallest absolute Gasteiger partial charge is 0.392 e. The SMILES string of the molecule is CC(C)(COP(=O)(O)OP(=O)(O)OCC1OC(C)(n2cnc3c(N)ncnc32)C(O)C1OP(=O)(O)O)C(O)C(=O)NCCC(=O)NCCSC(=O)CC(O)CSCc1ccccc1. The lowest BCUT2D eigenvalue weighted by Crippen LogP contribution is -2.46. The highest BCUT2D eigenvalue weighted by Crippen LogP contribution is 2.61. The van der Waals surface area contributed by atoms with Crippen LogP contribution in [-0.4, -0.2) is 140 Å². The molecule has 25 nitrogen and oxygen atoms in total. The molecule has 0 aliphatic carbocycles. The highest BCUT2D eigenvalue weighted by molar-refractivity contribution is 8.13. The van der Waals surface area contributed by atoms with Crippen molar-refractivity contribution in [1.82, 2.24) is 30.2 Å². The number of nitrogen functional groups attached to an aromatic ring is 1. The number of aromatic nitrogens is 4. The van der Waals surface area contributed by atoms with E-state index in [4.69, 9.17) is 24.0 Å². The number of nitrogens with zero attached hydrogens (tertiary/aromatic N) is 4. The van der Waals surface area contributed by atoms with Crippen LogP contribution in [0.4, 0.5) is 5.82 Å². The van der Waals surface area contributed by atoms with Gasteiger partial charge in [-0.05, 0) is 12.5 Å². The number of fused-ring (bicyclic) bond motifs is 1. The summed E-state index contributed by atoms with van der Waals surface area (Å²) in [7, 11) is -16.5. The molecule has 3 heterocycles. The van der Waals surface area contributed by atoms with E-state index >= 15 is 0 Å². The van der Waals surface area contributed by atoms with Crippen LogP contribution in [0.25, 0.3) is 11.2 Å².